The normalized spacial score (nSPS) is 25.7. The lowest BCUT2D eigenvalue weighted by atomic mass is 9.98. The molecule has 0 aromatic carbocycles. The van der Waals surface area contributed by atoms with E-state index in [1.54, 1.807) is 0 Å². The van der Waals surface area contributed by atoms with Crippen LogP contribution in [0.3, 0.4) is 0 Å². The molecule has 0 aliphatic carbocycles. The van der Waals surface area contributed by atoms with Crippen molar-refractivity contribution in [1.82, 2.24) is 0 Å². The van der Waals surface area contributed by atoms with Crippen LogP contribution in [-0.4, -0.2) is 142 Å². The third-order valence-electron chi connectivity index (χ3n) is 11.6. The quantitative estimate of drug-likeness (QED) is 0.0175. The summed E-state index contributed by atoms with van der Waals surface area (Å²) in [5.41, 5.74) is 0. The SMILES string of the molecule is CC/C=C/C/C=C/C/C=C/C/C=C/C/C=C/C/C=C/CCC(=O)O[C@@H](COC(=O)CCCCC/C=C/C/C=C/C/C=C/C/C=C/C/C=C/CC)CO[C@@H]1O[C@H](CO[C@@H]2O[C@H](CO)[C@H](O)C(O)C2O)[C@H](O)C(O)C1O. The fourth-order valence-corrected chi connectivity index (χ4v) is 7.33. The first-order valence-electron chi connectivity index (χ1n) is 26.8. The summed E-state index contributed by atoms with van der Waals surface area (Å²) in [5, 5.41) is 72.2. The fourth-order valence-electron chi connectivity index (χ4n) is 7.33. The van der Waals surface area contributed by atoms with Crippen LogP contribution in [0.1, 0.15) is 129 Å². The van der Waals surface area contributed by atoms with Crippen molar-refractivity contribution in [2.75, 3.05) is 26.4 Å². The van der Waals surface area contributed by atoms with Gasteiger partial charge in [0, 0.05) is 12.8 Å². The van der Waals surface area contributed by atoms with E-state index in [2.05, 4.69) is 129 Å². The summed E-state index contributed by atoms with van der Waals surface area (Å²) < 4.78 is 33.5. The molecule has 2 saturated heterocycles. The Bertz CT molecular complexity index is 1790. The molecule has 2 heterocycles. The van der Waals surface area contributed by atoms with E-state index in [1.807, 2.05) is 18.2 Å². The van der Waals surface area contributed by atoms with Crippen molar-refractivity contribution in [1.29, 1.82) is 0 Å². The Kier molecular flexibility index (Phi) is 39.0. The minimum absolute atomic E-state index is 0.0231. The van der Waals surface area contributed by atoms with Gasteiger partial charge < -0.3 is 64.2 Å². The number of carbonyl (C=O) groups excluding carboxylic acids is 2. The maximum atomic E-state index is 13.0. The molecular formula is C59H90O15. The molecule has 2 rings (SSSR count). The number of esters is 2. The lowest BCUT2D eigenvalue weighted by Crippen LogP contribution is -2.61. The van der Waals surface area contributed by atoms with E-state index in [-0.39, 0.29) is 19.4 Å². The molecule has 11 atom stereocenters. The van der Waals surface area contributed by atoms with Crippen LogP contribution in [0.2, 0.25) is 0 Å². The van der Waals surface area contributed by atoms with Gasteiger partial charge in [-0.15, -0.1) is 0 Å². The summed E-state index contributed by atoms with van der Waals surface area (Å²) in [6.45, 7) is 2.22. The molecule has 2 aliphatic rings. The van der Waals surface area contributed by atoms with Crippen molar-refractivity contribution in [3.63, 3.8) is 0 Å². The van der Waals surface area contributed by atoms with Gasteiger partial charge in [-0.3, -0.25) is 9.59 Å². The number of ether oxygens (including phenoxy) is 6. The molecular weight excluding hydrogens is 949 g/mol. The predicted molar refractivity (Wildman–Crippen MR) is 288 cm³/mol. The molecule has 0 aromatic rings. The Labute approximate surface area is 441 Å². The monoisotopic (exact) mass is 1040 g/mol. The molecule has 0 aromatic heterocycles. The minimum Gasteiger partial charge on any atom is -0.462 e. The van der Waals surface area contributed by atoms with Gasteiger partial charge in [-0.1, -0.05) is 154 Å². The molecule has 74 heavy (non-hydrogen) atoms. The molecule has 7 N–H and O–H groups in total. The van der Waals surface area contributed by atoms with E-state index in [1.165, 1.54) is 0 Å². The van der Waals surface area contributed by atoms with Gasteiger partial charge in [-0.25, -0.2) is 0 Å². The first-order valence-corrected chi connectivity index (χ1v) is 26.8. The van der Waals surface area contributed by atoms with Crippen molar-refractivity contribution in [2.45, 2.75) is 197 Å². The first kappa shape index (κ1) is 65.8. The van der Waals surface area contributed by atoms with Gasteiger partial charge >= 0.3 is 11.9 Å². The zero-order valence-electron chi connectivity index (χ0n) is 44.0. The second-order valence-electron chi connectivity index (χ2n) is 17.9. The number of unbranched alkanes of at least 4 members (excludes halogenated alkanes) is 3. The van der Waals surface area contributed by atoms with Crippen LogP contribution in [0, 0.1) is 0 Å². The Balaban J connectivity index is 1.85. The molecule has 15 nitrogen and oxygen atoms in total. The molecule has 4 unspecified atom stereocenters. The summed E-state index contributed by atoms with van der Waals surface area (Å²) in [5.74, 6) is -1.08. The molecule has 416 valence electrons. The van der Waals surface area contributed by atoms with Gasteiger partial charge in [0.25, 0.3) is 0 Å². The average molecular weight is 1040 g/mol. The van der Waals surface area contributed by atoms with Crippen LogP contribution in [-0.2, 0) is 38.0 Å². The van der Waals surface area contributed by atoms with Crippen molar-refractivity contribution < 1.29 is 73.8 Å². The highest BCUT2D eigenvalue weighted by molar-refractivity contribution is 5.70. The molecule has 2 fully saturated rings. The molecule has 0 amide bonds. The highest BCUT2D eigenvalue weighted by Gasteiger charge is 2.47. The molecule has 15 heteroatoms. The number of hydrogen-bond donors (Lipinski definition) is 7. The van der Waals surface area contributed by atoms with Crippen LogP contribution >= 0.6 is 0 Å². The van der Waals surface area contributed by atoms with Crippen LogP contribution < -0.4 is 0 Å². The molecule has 0 spiro atoms. The summed E-state index contributed by atoms with van der Waals surface area (Å²) in [7, 11) is 0. The lowest BCUT2D eigenvalue weighted by Gasteiger charge is -2.42. The summed E-state index contributed by atoms with van der Waals surface area (Å²) in [6.07, 6.45) is 43.4. The van der Waals surface area contributed by atoms with Gasteiger partial charge in [-0.05, 0) is 96.3 Å². The number of aliphatic hydroxyl groups excluding tert-OH is 7. The van der Waals surface area contributed by atoms with Gasteiger partial charge in [-0.2, -0.15) is 0 Å². The zero-order valence-corrected chi connectivity index (χ0v) is 44.0. The van der Waals surface area contributed by atoms with Gasteiger partial charge in [0.1, 0.15) is 55.4 Å². The maximum Gasteiger partial charge on any atom is 0.306 e. The summed E-state index contributed by atoms with van der Waals surface area (Å²) in [4.78, 5) is 25.8. The zero-order chi connectivity index (χ0) is 53.9. The van der Waals surface area contributed by atoms with Gasteiger partial charge in [0.05, 0.1) is 19.8 Å². The Hall–Kier alpha value is -4.36. The van der Waals surface area contributed by atoms with Crippen LogP contribution in [0.25, 0.3) is 0 Å². The van der Waals surface area contributed by atoms with Crippen LogP contribution in [0.5, 0.6) is 0 Å². The van der Waals surface area contributed by atoms with E-state index in [4.69, 9.17) is 28.4 Å². The van der Waals surface area contributed by atoms with Crippen molar-refractivity contribution in [3.05, 3.63) is 134 Å². The molecule has 0 saturated carbocycles. The fraction of sp³-hybridized carbons (Fsp3) is 0.593. The Morgan fingerprint density at radius 2 is 0.838 bits per heavy atom. The first-order chi connectivity index (χ1) is 36.0. The number of aliphatic hydroxyl groups is 7. The standard InChI is InChI=1S/C59H90O15/c1-3-5-7-9-11-13-15-17-19-21-23-25-27-29-31-33-35-37-39-41-50(61)69-44-47(72-51(62)42-40-38-36-34-32-30-28-26-24-22-20-18-16-14-12-10-8-6-4-2)45-70-58-57(68)55(66)53(64)49(74-58)46-71-59-56(67)54(65)52(63)48(43-60)73-59/h5-8,11-14,17-20,23-26,29-32,36,38,47-49,52-60,63-68H,3-4,9-10,15-16,21-22,27-28,33-35,37,39-46H2,1-2H3/b7-5+,8-6+,13-11+,14-12+,19-17+,20-18+,25-23+,26-24+,31-29+,32-30+,38-36+/t47-,48+,49+,52-,53-,54?,55?,56?,57?,58+,59+/m0/s1. The molecule has 0 bridgehead atoms. The molecule has 0 radical (unpaired) electrons. The van der Waals surface area contributed by atoms with Crippen LogP contribution in [0.15, 0.2) is 134 Å². The van der Waals surface area contributed by atoms with Gasteiger partial charge in [0.2, 0.25) is 0 Å². The second kappa shape index (κ2) is 43.8. The number of rotatable bonds is 39. The predicted octanol–water partition coefficient (Wildman–Crippen LogP) is 8.26. The van der Waals surface area contributed by atoms with E-state index < -0.39 is 99.3 Å². The minimum atomic E-state index is -1.79. The Morgan fingerprint density at radius 3 is 1.30 bits per heavy atom. The second-order valence-corrected chi connectivity index (χ2v) is 17.9. The largest absolute Gasteiger partial charge is 0.462 e. The third-order valence-corrected chi connectivity index (χ3v) is 11.6. The van der Waals surface area contributed by atoms with Gasteiger partial charge in [0.15, 0.2) is 18.7 Å². The maximum absolute atomic E-state index is 13.0. The number of allylic oxidation sites excluding steroid dienone is 22. The number of hydrogen-bond acceptors (Lipinski definition) is 15. The lowest BCUT2D eigenvalue weighted by molar-refractivity contribution is -0.332. The smallest absolute Gasteiger partial charge is 0.306 e. The van der Waals surface area contributed by atoms with Crippen LogP contribution in [0.4, 0.5) is 0 Å². The molecule has 2 aliphatic heterocycles. The topological polar surface area (TPSA) is 231 Å². The van der Waals surface area contributed by atoms with Crippen molar-refractivity contribution in [3.8, 4) is 0 Å². The van der Waals surface area contributed by atoms with Crippen molar-refractivity contribution >= 4 is 11.9 Å². The summed E-state index contributed by atoms with van der Waals surface area (Å²) >= 11 is 0. The highest BCUT2D eigenvalue weighted by atomic mass is 16.7. The highest BCUT2D eigenvalue weighted by Crippen LogP contribution is 2.26. The van der Waals surface area contributed by atoms with E-state index >= 15 is 0 Å². The Morgan fingerprint density at radius 1 is 0.432 bits per heavy atom. The number of carbonyl (C=O) groups is 2. The average Bonchev–Trinajstić information content (AvgIpc) is 3.39. The third kappa shape index (κ3) is 30.9. The van der Waals surface area contributed by atoms with E-state index in [9.17, 15) is 45.3 Å². The van der Waals surface area contributed by atoms with E-state index in [0.717, 1.165) is 83.5 Å². The van der Waals surface area contributed by atoms with Crippen molar-refractivity contribution in [2.24, 2.45) is 0 Å². The summed E-state index contributed by atoms with van der Waals surface area (Å²) in [6, 6.07) is 0. The van der Waals surface area contributed by atoms with E-state index in [0.29, 0.717) is 19.3 Å².